The van der Waals surface area contributed by atoms with Crippen molar-refractivity contribution in [2.24, 2.45) is 0 Å². The van der Waals surface area contributed by atoms with Gasteiger partial charge < -0.3 is 14.1 Å². The Labute approximate surface area is 120 Å². The van der Waals surface area contributed by atoms with E-state index in [-0.39, 0.29) is 0 Å². The summed E-state index contributed by atoms with van der Waals surface area (Å²) in [6, 6.07) is 0. The number of aromatic amines is 1. The summed E-state index contributed by atoms with van der Waals surface area (Å²) in [6.07, 6.45) is 0.673. The van der Waals surface area contributed by atoms with Gasteiger partial charge in [-0.1, -0.05) is 5.16 Å². The van der Waals surface area contributed by atoms with Crippen molar-refractivity contribution in [2.45, 2.75) is 40.3 Å². The summed E-state index contributed by atoms with van der Waals surface area (Å²) in [7, 11) is 0. The molecule has 3 heterocycles. The summed E-state index contributed by atoms with van der Waals surface area (Å²) in [4.78, 5) is 7.43. The van der Waals surface area contributed by atoms with Crippen LogP contribution in [-0.2, 0) is 19.5 Å². The molecule has 0 amide bonds. The number of hydrogen-bond donors (Lipinski definition) is 1. The molecule has 0 fully saturated rings. The first kappa shape index (κ1) is 13.0. The largest absolute Gasteiger partial charge is 0.340 e. The molecule has 3 aromatic rings. The highest BCUT2D eigenvalue weighted by atomic mass is 32.1. The van der Waals surface area contributed by atoms with E-state index in [1.807, 2.05) is 16.2 Å². The normalized spacial score (nSPS) is 11.6. The van der Waals surface area contributed by atoms with Gasteiger partial charge in [0, 0.05) is 26.4 Å². The van der Waals surface area contributed by atoms with Crippen LogP contribution in [0.25, 0.3) is 11.2 Å². The third-order valence-electron chi connectivity index (χ3n) is 3.26. The lowest BCUT2D eigenvalue weighted by Gasteiger charge is -2.04. The Kier molecular flexibility index (Phi) is 3.17. The van der Waals surface area contributed by atoms with E-state index in [0.29, 0.717) is 29.5 Å². The summed E-state index contributed by atoms with van der Waals surface area (Å²) in [5.41, 5.74) is 2.98. The van der Waals surface area contributed by atoms with Gasteiger partial charge in [-0.25, -0.2) is 4.68 Å². The molecule has 106 valence electrons. The van der Waals surface area contributed by atoms with Crippen molar-refractivity contribution in [3.05, 3.63) is 22.2 Å². The molecule has 0 atom stereocenters. The number of H-pyrrole nitrogens is 1. The van der Waals surface area contributed by atoms with Gasteiger partial charge in [-0.2, -0.15) is 10.1 Å². The highest BCUT2D eigenvalue weighted by molar-refractivity contribution is 7.71. The van der Waals surface area contributed by atoms with Gasteiger partial charge in [-0.05, 0) is 26.1 Å². The second-order valence-corrected chi connectivity index (χ2v) is 5.05. The van der Waals surface area contributed by atoms with Crippen LogP contribution >= 0.6 is 12.2 Å². The van der Waals surface area contributed by atoms with Gasteiger partial charge in [-0.15, -0.1) is 0 Å². The lowest BCUT2D eigenvalue weighted by atomic mass is 10.4. The van der Waals surface area contributed by atoms with E-state index in [1.54, 1.807) is 6.92 Å². The second-order valence-electron chi connectivity index (χ2n) is 4.66. The van der Waals surface area contributed by atoms with Crippen molar-refractivity contribution in [1.29, 1.82) is 0 Å². The van der Waals surface area contributed by atoms with Gasteiger partial charge >= 0.3 is 0 Å². The van der Waals surface area contributed by atoms with Gasteiger partial charge in [0.05, 0.1) is 5.69 Å². The fraction of sp³-hybridized carbons (Fsp3) is 0.500. The topological polar surface area (TPSA) is 77.5 Å². The van der Waals surface area contributed by atoms with E-state index in [2.05, 4.69) is 27.1 Å². The van der Waals surface area contributed by atoms with E-state index in [1.165, 1.54) is 0 Å². The van der Waals surface area contributed by atoms with Crippen LogP contribution in [0, 0.1) is 18.6 Å². The predicted molar refractivity (Wildman–Crippen MR) is 76.1 cm³/mol. The second kappa shape index (κ2) is 4.86. The number of aromatic nitrogens is 6. The maximum absolute atomic E-state index is 5.40. The molecular weight excluding hydrogens is 276 g/mol. The first-order valence-corrected chi connectivity index (χ1v) is 6.96. The Morgan fingerprint density at radius 3 is 2.80 bits per heavy atom. The average molecular weight is 292 g/mol. The van der Waals surface area contributed by atoms with E-state index < -0.39 is 0 Å². The van der Waals surface area contributed by atoms with Crippen LogP contribution < -0.4 is 0 Å². The lowest BCUT2D eigenvalue weighted by molar-refractivity contribution is 0.386. The summed E-state index contributed by atoms with van der Waals surface area (Å²) in [5.74, 6) is 1.27. The Morgan fingerprint density at radius 1 is 1.35 bits per heavy atom. The molecule has 0 saturated carbocycles. The molecule has 3 rings (SSSR count). The van der Waals surface area contributed by atoms with Gasteiger partial charge in [0.25, 0.3) is 0 Å². The standard InChI is InChI=1S/C12H16N6OS/c1-4-18-11-10(7(2)15-18)14-12(20)17(11)6-5-9-13-8(3)19-16-9/h4-6H2,1-3H3,(H,14,20). The number of hydrogen-bond acceptors (Lipinski definition) is 5. The zero-order valence-electron chi connectivity index (χ0n) is 11.7. The minimum atomic E-state index is 0.581. The molecule has 20 heavy (non-hydrogen) atoms. The van der Waals surface area contributed by atoms with Crippen molar-refractivity contribution in [3.8, 4) is 0 Å². The van der Waals surface area contributed by atoms with Crippen LogP contribution in [0.5, 0.6) is 0 Å². The number of aryl methyl sites for hydroxylation is 5. The molecule has 0 bridgehead atoms. The van der Waals surface area contributed by atoms with Crippen molar-refractivity contribution >= 4 is 23.4 Å². The lowest BCUT2D eigenvalue weighted by Crippen LogP contribution is -2.07. The van der Waals surface area contributed by atoms with Crippen molar-refractivity contribution in [2.75, 3.05) is 0 Å². The molecule has 0 aliphatic rings. The maximum Gasteiger partial charge on any atom is 0.223 e. The molecular formula is C12H16N6OS. The van der Waals surface area contributed by atoms with E-state index in [4.69, 9.17) is 16.7 Å². The summed E-state index contributed by atoms with van der Waals surface area (Å²) >= 11 is 5.40. The molecule has 7 nitrogen and oxygen atoms in total. The van der Waals surface area contributed by atoms with Crippen molar-refractivity contribution < 1.29 is 4.52 Å². The molecule has 0 aromatic carbocycles. The molecule has 0 radical (unpaired) electrons. The van der Waals surface area contributed by atoms with E-state index >= 15 is 0 Å². The monoisotopic (exact) mass is 292 g/mol. The molecule has 1 N–H and O–H groups in total. The van der Waals surface area contributed by atoms with Crippen LogP contribution in [0.1, 0.15) is 24.3 Å². The summed E-state index contributed by atoms with van der Waals surface area (Å²) < 4.78 is 9.67. The number of rotatable bonds is 4. The molecule has 0 spiro atoms. The Hall–Kier alpha value is -1.96. The molecule has 0 aliphatic carbocycles. The smallest absolute Gasteiger partial charge is 0.223 e. The molecule has 3 aromatic heterocycles. The third-order valence-corrected chi connectivity index (χ3v) is 3.58. The highest BCUT2D eigenvalue weighted by Crippen LogP contribution is 2.18. The van der Waals surface area contributed by atoms with E-state index in [0.717, 1.165) is 23.4 Å². The van der Waals surface area contributed by atoms with Crippen molar-refractivity contribution in [1.82, 2.24) is 29.5 Å². The van der Waals surface area contributed by atoms with Crippen LogP contribution in [0.3, 0.4) is 0 Å². The Balaban J connectivity index is 1.98. The third kappa shape index (κ3) is 2.05. The molecule has 0 saturated heterocycles. The number of fused-ring (bicyclic) bond motifs is 1. The SMILES string of the molecule is CCn1nc(C)c2[nH]c(=S)n(CCc3noc(C)n3)c21. The minimum Gasteiger partial charge on any atom is -0.340 e. The predicted octanol–water partition coefficient (Wildman–Crippen LogP) is 2.16. The highest BCUT2D eigenvalue weighted by Gasteiger charge is 2.14. The quantitative estimate of drug-likeness (QED) is 0.746. The van der Waals surface area contributed by atoms with Gasteiger partial charge in [0.15, 0.2) is 16.2 Å². The fourth-order valence-electron chi connectivity index (χ4n) is 2.34. The number of nitrogens with zero attached hydrogens (tertiary/aromatic N) is 5. The van der Waals surface area contributed by atoms with Crippen molar-refractivity contribution in [3.63, 3.8) is 0 Å². The van der Waals surface area contributed by atoms with Crippen LogP contribution in [0.4, 0.5) is 0 Å². The molecule has 0 unspecified atom stereocenters. The maximum atomic E-state index is 5.40. The molecule has 8 heteroatoms. The first-order valence-electron chi connectivity index (χ1n) is 6.55. The van der Waals surface area contributed by atoms with Gasteiger partial charge in [0.2, 0.25) is 5.89 Å². The van der Waals surface area contributed by atoms with Crippen LogP contribution in [-0.4, -0.2) is 29.5 Å². The van der Waals surface area contributed by atoms with Gasteiger partial charge in [0.1, 0.15) is 5.52 Å². The first-order chi connectivity index (χ1) is 9.60. The number of imidazole rings is 1. The fourth-order valence-corrected chi connectivity index (χ4v) is 2.62. The van der Waals surface area contributed by atoms with Gasteiger partial charge in [-0.3, -0.25) is 0 Å². The summed E-state index contributed by atoms with van der Waals surface area (Å²) in [6.45, 7) is 7.33. The van der Waals surface area contributed by atoms with E-state index in [9.17, 15) is 0 Å². The van der Waals surface area contributed by atoms with Crippen LogP contribution in [0.2, 0.25) is 0 Å². The Bertz CT molecular complexity index is 808. The zero-order valence-corrected chi connectivity index (χ0v) is 12.5. The Morgan fingerprint density at radius 2 is 2.15 bits per heavy atom. The summed E-state index contributed by atoms with van der Waals surface area (Å²) in [5, 5.41) is 8.40. The molecule has 0 aliphatic heterocycles. The van der Waals surface area contributed by atoms with Crippen LogP contribution in [0.15, 0.2) is 4.52 Å². The minimum absolute atomic E-state index is 0.581. The zero-order chi connectivity index (χ0) is 14.3. The number of nitrogens with one attached hydrogen (secondary N) is 1. The average Bonchev–Trinajstić information content (AvgIpc) is 3.05.